The van der Waals surface area contributed by atoms with Crippen LogP contribution in [-0.4, -0.2) is 51.8 Å². The number of hydrogen-bond acceptors (Lipinski definition) is 5. The van der Waals surface area contributed by atoms with Gasteiger partial charge in [0, 0.05) is 26.1 Å². The maximum atomic E-state index is 11.8. The number of alkyl halides is 1. The minimum Gasteiger partial charge on any atom is -0.466 e. The third-order valence-corrected chi connectivity index (χ3v) is 4.40. The molecule has 2 heterocycles. The van der Waals surface area contributed by atoms with Gasteiger partial charge in [-0.1, -0.05) is 22.6 Å². The minimum atomic E-state index is -0.369. The molecule has 0 unspecified atom stereocenters. The second kappa shape index (κ2) is 5.48. The van der Waals surface area contributed by atoms with Crippen LogP contribution < -0.4 is 0 Å². The minimum absolute atomic E-state index is 0.0345. The van der Waals surface area contributed by atoms with Crippen LogP contribution in [0.15, 0.2) is 11.8 Å². The highest BCUT2D eigenvalue weighted by Crippen LogP contribution is 2.31. The highest BCUT2D eigenvalue weighted by molar-refractivity contribution is 14.1. The van der Waals surface area contributed by atoms with Gasteiger partial charge in [-0.15, -0.1) is 0 Å². The molecular weight excluding hydrogens is 363 g/mol. The summed E-state index contributed by atoms with van der Waals surface area (Å²) in [7, 11) is 3.10. The first-order chi connectivity index (χ1) is 8.95. The summed E-state index contributed by atoms with van der Waals surface area (Å²) in [5.41, 5.74) is 0.555. The van der Waals surface area contributed by atoms with Crippen molar-refractivity contribution in [1.29, 1.82) is 0 Å². The van der Waals surface area contributed by atoms with Gasteiger partial charge in [0.1, 0.15) is 6.17 Å². The summed E-state index contributed by atoms with van der Waals surface area (Å²) in [5, 5.41) is 0. The van der Waals surface area contributed by atoms with Gasteiger partial charge < -0.3 is 9.64 Å². The van der Waals surface area contributed by atoms with Gasteiger partial charge >= 0.3 is 5.97 Å². The van der Waals surface area contributed by atoms with Crippen molar-refractivity contribution >= 4 is 40.4 Å². The molecule has 2 aliphatic heterocycles. The number of esters is 1. The quantitative estimate of drug-likeness (QED) is 0.306. The van der Waals surface area contributed by atoms with Crippen LogP contribution in [0, 0.1) is 0 Å². The Morgan fingerprint density at radius 2 is 1.95 bits per heavy atom. The largest absolute Gasteiger partial charge is 0.466 e. The van der Waals surface area contributed by atoms with Crippen molar-refractivity contribution in [2.45, 2.75) is 29.4 Å². The Bertz CT molecular complexity index is 447. The third-order valence-electron chi connectivity index (χ3n) is 3.32. The average molecular weight is 378 g/mol. The first-order valence-electron chi connectivity index (χ1n) is 5.95. The van der Waals surface area contributed by atoms with E-state index in [1.165, 1.54) is 12.0 Å². The van der Waals surface area contributed by atoms with E-state index >= 15 is 0 Å². The molecule has 7 heteroatoms. The zero-order valence-corrected chi connectivity index (χ0v) is 12.9. The Balaban J connectivity index is 2.24. The molecule has 2 rings (SSSR count). The van der Waals surface area contributed by atoms with Crippen LogP contribution in [0.2, 0.25) is 0 Å². The molecule has 0 N–H and O–H groups in total. The molecule has 19 heavy (non-hydrogen) atoms. The number of nitrogens with zero attached hydrogens (tertiary/aromatic N) is 2. The van der Waals surface area contributed by atoms with Crippen LogP contribution in [-0.2, 0) is 19.1 Å². The number of likely N-dealkylation sites (tertiary alicyclic amines) is 1. The lowest BCUT2D eigenvalue weighted by molar-refractivity contribution is -0.144. The second-order valence-electron chi connectivity index (χ2n) is 4.60. The normalized spacial score (nSPS) is 27.6. The van der Waals surface area contributed by atoms with E-state index in [2.05, 4.69) is 22.6 Å². The number of halogens is 1. The Kier molecular flexibility index (Phi) is 4.12. The summed E-state index contributed by atoms with van der Waals surface area (Å²) in [6.07, 6.45) is 2.38. The van der Waals surface area contributed by atoms with Crippen LogP contribution in [0.1, 0.15) is 19.3 Å². The fourth-order valence-corrected chi connectivity index (χ4v) is 3.75. The first kappa shape index (κ1) is 14.3. The molecule has 0 saturated carbocycles. The van der Waals surface area contributed by atoms with E-state index < -0.39 is 0 Å². The number of rotatable bonds is 2. The summed E-state index contributed by atoms with van der Waals surface area (Å²) in [5.74, 6) is -0.650. The van der Waals surface area contributed by atoms with Gasteiger partial charge in [-0.3, -0.25) is 14.5 Å². The number of hydrogen-bond donors (Lipinski definition) is 0. The molecule has 2 aliphatic rings. The van der Waals surface area contributed by atoms with Gasteiger partial charge in [-0.05, 0) is 6.42 Å². The molecule has 1 saturated heterocycles. The molecule has 0 aromatic carbocycles. The molecular formula is C12H15IN2O4. The van der Waals surface area contributed by atoms with Crippen molar-refractivity contribution < 1.29 is 19.1 Å². The van der Waals surface area contributed by atoms with Crippen molar-refractivity contribution in [2.24, 2.45) is 0 Å². The third kappa shape index (κ3) is 2.60. The average Bonchev–Trinajstić information content (AvgIpc) is 2.68. The van der Waals surface area contributed by atoms with Crippen LogP contribution in [0.3, 0.4) is 0 Å². The SMILES string of the molecule is COC(=O)C1=CN(C)[C@H](N2C(=O)CCC2=O)[C@@H](I)C1. The summed E-state index contributed by atoms with van der Waals surface area (Å²) in [6.45, 7) is 0. The van der Waals surface area contributed by atoms with Gasteiger partial charge in [0.15, 0.2) is 0 Å². The lowest BCUT2D eigenvalue weighted by atomic mass is 10.0. The Labute approximate surface area is 124 Å². The van der Waals surface area contributed by atoms with E-state index in [-0.39, 0.29) is 40.7 Å². The van der Waals surface area contributed by atoms with Crippen LogP contribution in [0.25, 0.3) is 0 Å². The van der Waals surface area contributed by atoms with Crippen molar-refractivity contribution in [3.63, 3.8) is 0 Å². The molecule has 0 spiro atoms. The van der Waals surface area contributed by atoms with Gasteiger partial charge in [0.2, 0.25) is 11.8 Å². The Hall–Kier alpha value is -1.12. The molecule has 0 aliphatic carbocycles. The lowest BCUT2D eigenvalue weighted by Gasteiger charge is -2.40. The van der Waals surface area contributed by atoms with Crippen molar-refractivity contribution in [3.05, 3.63) is 11.8 Å². The predicted molar refractivity (Wildman–Crippen MR) is 75.2 cm³/mol. The number of carbonyl (C=O) groups excluding carboxylic acids is 3. The standard InChI is InChI=1S/C12H15IN2O4/c1-14-6-7(12(18)19-2)5-8(13)11(14)15-9(16)3-4-10(15)17/h6,8,11H,3-5H2,1-2H3/t8-,11+/m0/s1. The molecule has 0 radical (unpaired) electrons. The molecule has 2 amide bonds. The van der Waals surface area contributed by atoms with Crippen molar-refractivity contribution in [2.75, 3.05) is 14.2 Å². The van der Waals surface area contributed by atoms with E-state index in [0.717, 1.165) is 0 Å². The van der Waals surface area contributed by atoms with E-state index in [1.54, 1.807) is 18.1 Å². The smallest absolute Gasteiger partial charge is 0.335 e. The van der Waals surface area contributed by atoms with Crippen LogP contribution in [0.5, 0.6) is 0 Å². The summed E-state index contributed by atoms with van der Waals surface area (Å²) in [6, 6.07) is 0. The van der Waals surface area contributed by atoms with Crippen molar-refractivity contribution in [1.82, 2.24) is 9.80 Å². The molecule has 1 fully saturated rings. The van der Waals surface area contributed by atoms with E-state index in [0.29, 0.717) is 12.0 Å². The van der Waals surface area contributed by atoms with Crippen LogP contribution in [0.4, 0.5) is 0 Å². The van der Waals surface area contributed by atoms with E-state index in [9.17, 15) is 14.4 Å². The second-order valence-corrected chi connectivity index (χ2v) is 6.20. The monoisotopic (exact) mass is 378 g/mol. The number of ether oxygens (including phenoxy) is 1. The van der Waals surface area contributed by atoms with Gasteiger partial charge in [-0.2, -0.15) is 0 Å². The molecule has 6 nitrogen and oxygen atoms in total. The lowest BCUT2D eigenvalue weighted by Crippen LogP contribution is -2.54. The predicted octanol–water partition coefficient (Wildman–Crippen LogP) is 0.657. The molecule has 0 aromatic heterocycles. The molecule has 0 bridgehead atoms. The number of amides is 2. The number of methoxy groups -OCH3 is 1. The maximum Gasteiger partial charge on any atom is 0.335 e. The molecule has 0 aromatic rings. The van der Waals surface area contributed by atoms with Gasteiger partial charge in [0.25, 0.3) is 0 Å². The van der Waals surface area contributed by atoms with E-state index in [4.69, 9.17) is 4.74 Å². The Morgan fingerprint density at radius 1 is 1.37 bits per heavy atom. The zero-order valence-electron chi connectivity index (χ0n) is 10.8. The maximum absolute atomic E-state index is 11.8. The summed E-state index contributed by atoms with van der Waals surface area (Å²) in [4.78, 5) is 38.2. The molecule has 104 valence electrons. The van der Waals surface area contributed by atoms with Gasteiger partial charge in [-0.25, -0.2) is 4.79 Å². The highest BCUT2D eigenvalue weighted by Gasteiger charge is 2.42. The zero-order chi connectivity index (χ0) is 14.2. The number of carbonyl (C=O) groups is 3. The van der Waals surface area contributed by atoms with E-state index in [1.807, 2.05) is 0 Å². The molecule has 2 atom stereocenters. The Morgan fingerprint density at radius 3 is 2.42 bits per heavy atom. The van der Waals surface area contributed by atoms with Crippen LogP contribution >= 0.6 is 22.6 Å². The first-order valence-corrected chi connectivity index (χ1v) is 7.20. The van der Waals surface area contributed by atoms with Crippen molar-refractivity contribution in [3.8, 4) is 0 Å². The highest BCUT2D eigenvalue weighted by atomic mass is 127. The van der Waals surface area contributed by atoms with Gasteiger partial charge in [0.05, 0.1) is 16.6 Å². The fraction of sp³-hybridized carbons (Fsp3) is 0.583. The number of imide groups is 1. The summed E-state index contributed by atoms with van der Waals surface area (Å²) < 4.78 is 4.67. The topological polar surface area (TPSA) is 66.9 Å². The summed E-state index contributed by atoms with van der Waals surface area (Å²) >= 11 is 2.17. The fourth-order valence-electron chi connectivity index (χ4n) is 2.45.